The van der Waals surface area contributed by atoms with Gasteiger partial charge in [-0.15, -0.1) is 0 Å². The van der Waals surface area contributed by atoms with Gasteiger partial charge in [-0.3, -0.25) is 9.59 Å². The predicted molar refractivity (Wildman–Crippen MR) is 131 cm³/mol. The third-order valence-electron chi connectivity index (χ3n) is 6.49. The fourth-order valence-corrected chi connectivity index (χ4v) is 4.66. The Hall–Kier alpha value is -2.99. The number of H-pyrrole nitrogens is 1. The van der Waals surface area contributed by atoms with E-state index < -0.39 is 6.04 Å². The molecule has 0 saturated carbocycles. The van der Waals surface area contributed by atoms with Crippen LogP contribution in [0.1, 0.15) is 48.5 Å². The molecule has 1 aliphatic rings. The number of halogens is 1. The number of piperidine rings is 1. The normalized spacial score (nSPS) is 15.6. The zero-order valence-corrected chi connectivity index (χ0v) is 20.0. The fourth-order valence-electron chi connectivity index (χ4n) is 4.53. The molecule has 2 heterocycles. The van der Waals surface area contributed by atoms with E-state index in [1.165, 1.54) is 10.9 Å². The number of aromatic nitrogens is 1. The van der Waals surface area contributed by atoms with E-state index in [9.17, 15) is 9.59 Å². The largest absolute Gasteiger partial charge is 0.497 e. The van der Waals surface area contributed by atoms with Gasteiger partial charge in [-0.05, 0) is 72.7 Å². The van der Waals surface area contributed by atoms with Gasteiger partial charge in [0.05, 0.1) is 7.11 Å². The van der Waals surface area contributed by atoms with Crippen LogP contribution in [0.5, 0.6) is 5.75 Å². The van der Waals surface area contributed by atoms with Crippen LogP contribution in [0.25, 0.3) is 10.9 Å². The van der Waals surface area contributed by atoms with Gasteiger partial charge in [0.2, 0.25) is 5.91 Å². The zero-order valence-electron chi connectivity index (χ0n) is 19.2. The highest BCUT2D eigenvalue weighted by Crippen LogP contribution is 2.35. The van der Waals surface area contributed by atoms with Gasteiger partial charge in [0.15, 0.2) is 0 Å². The monoisotopic (exact) mass is 467 g/mol. The molecule has 2 amide bonds. The van der Waals surface area contributed by atoms with E-state index in [1.807, 2.05) is 30.9 Å². The van der Waals surface area contributed by atoms with Crippen LogP contribution in [0, 0.1) is 5.92 Å². The lowest BCUT2D eigenvalue weighted by Gasteiger charge is -2.35. The van der Waals surface area contributed by atoms with Crippen LogP contribution in [-0.4, -0.2) is 47.9 Å². The van der Waals surface area contributed by atoms with Gasteiger partial charge in [-0.2, -0.15) is 0 Å². The first kappa shape index (κ1) is 23.2. The molecule has 2 N–H and O–H groups in total. The molecule has 1 aromatic heterocycles. The van der Waals surface area contributed by atoms with Gasteiger partial charge < -0.3 is 19.9 Å². The SMILES string of the molecule is COc1ccc2[nH]cc(C3CCN(C(=O)C(NC(=O)c4ccc(Cl)cc4)C(C)C)CC3)c2c1. The van der Waals surface area contributed by atoms with Crippen LogP contribution in [0.2, 0.25) is 5.02 Å². The maximum absolute atomic E-state index is 13.3. The molecule has 0 spiro atoms. The Balaban J connectivity index is 1.42. The highest BCUT2D eigenvalue weighted by molar-refractivity contribution is 6.30. The second-order valence-electron chi connectivity index (χ2n) is 8.96. The summed E-state index contributed by atoms with van der Waals surface area (Å²) < 4.78 is 5.39. The number of likely N-dealkylation sites (tertiary alicyclic amines) is 1. The second kappa shape index (κ2) is 9.87. The number of benzene rings is 2. The predicted octanol–water partition coefficient (Wildman–Crippen LogP) is 4.99. The van der Waals surface area contributed by atoms with Crippen molar-refractivity contribution in [3.8, 4) is 5.75 Å². The summed E-state index contributed by atoms with van der Waals surface area (Å²) in [5.41, 5.74) is 2.85. The molecular weight excluding hydrogens is 438 g/mol. The number of nitrogens with one attached hydrogen (secondary N) is 2. The van der Waals surface area contributed by atoms with Gasteiger partial charge in [0, 0.05) is 40.8 Å². The second-order valence-corrected chi connectivity index (χ2v) is 9.39. The molecule has 1 fully saturated rings. The molecule has 0 aliphatic carbocycles. The summed E-state index contributed by atoms with van der Waals surface area (Å²) in [5.74, 6) is 0.906. The van der Waals surface area contributed by atoms with Gasteiger partial charge in [-0.25, -0.2) is 0 Å². The van der Waals surface area contributed by atoms with E-state index in [0.29, 0.717) is 29.6 Å². The molecule has 1 atom stereocenters. The minimum Gasteiger partial charge on any atom is -0.497 e. The van der Waals surface area contributed by atoms with E-state index in [2.05, 4.69) is 22.6 Å². The van der Waals surface area contributed by atoms with Crippen molar-refractivity contribution in [2.24, 2.45) is 5.92 Å². The lowest BCUT2D eigenvalue weighted by atomic mass is 9.88. The number of hydrogen-bond acceptors (Lipinski definition) is 3. The van der Waals surface area contributed by atoms with Gasteiger partial charge in [0.1, 0.15) is 11.8 Å². The number of carbonyl (C=O) groups is 2. The number of ether oxygens (including phenoxy) is 1. The Morgan fingerprint density at radius 3 is 2.45 bits per heavy atom. The van der Waals surface area contributed by atoms with Crippen molar-refractivity contribution in [3.63, 3.8) is 0 Å². The molecule has 0 bridgehead atoms. The van der Waals surface area contributed by atoms with Gasteiger partial charge in [-0.1, -0.05) is 25.4 Å². The highest BCUT2D eigenvalue weighted by Gasteiger charge is 2.32. The Morgan fingerprint density at radius 2 is 1.82 bits per heavy atom. The number of carbonyl (C=O) groups excluding carboxylic acids is 2. The number of nitrogens with zero attached hydrogens (tertiary/aromatic N) is 1. The number of methoxy groups -OCH3 is 1. The molecule has 33 heavy (non-hydrogen) atoms. The minimum atomic E-state index is -0.568. The standard InChI is InChI=1S/C26H30ClN3O3/c1-16(2)24(29-25(31)18-4-6-19(27)7-5-18)26(32)30-12-10-17(11-13-30)22-15-28-23-9-8-20(33-3)14-21(22)23/h4-9,14-17,24,28H,10-13H2,1-3H3,(H,29,31). The van der Waals surface area contributed by atoms with Crippen LogP contribution in [0.4, 0.5) is 0 Å². The Bertz CT molecular complexity index is 1130. The molecule has 1 saturated heterocycles. The lowest BCUT2D eigenvalue weighted by molar-refractivity contribution is -0.135. The topological polar surface area (TPSA) is 74.4 Å². The van der Waals surface area contributed by atoms with E-state index in [4.69, 9.17) is 16.3 Å². The summed E-state index contributed by atoms with van der Waals surface area (Å²) in [6, 6.07) is 12.2. The fraction of sp³-hybridized carbons (Fsp3) is 0.385. The van der Waals surface area contributed by atoms with Crippen LogP contribution >= 0.6 is 11.6 Å². The zero-order chi connectivity index (χ0) is 23.5. The van der Waals surface area contributed by atoms with Gasteiger partial charge in [0.25, 0.3) is 5.91 Å². The van der Waals surface area contributed by atoms with Crippen LogP contribution in [-0.2, 0) is 4.79 Å². The summed E-state index contributed by atoms with van der Waals surface area (Å²) in [6.45, 7) is 5.24. The molecule has 6 nitrogen and oxygen atoms in total. The third kappa shape index (κ3) is 5.01. The van der Waals surface area contributed by atoms with E-state index in [1.54, 1.807) is 31.4 Å². The summed E-state index contributed by atoms with van der Waals surface area (Å²) in [4.78, 5) is 31.3. The summed E-state index contributed by atoms with van der Waals surface area (Å²) in [5, 5.41) is 4.68. The molecule has 174 valence electrons. The Labute approximate surface area is 199 Å². The Morgan fingerprint density at radius 1 is 1.12 bits per heavy atom. The van der Waals surface area contributed by atoms with Crippen molar-refractivity contribution < 1.29 is 14.3 Å². The Kier molecular flexibility index (Phi) is 6.94. The quantitative estimate of drug-likeness (QED) is 0.536. The molecule has 4 rings (SSSR count). The van der Waals surface area contributed by atoms with Crippen molar-refractivity contribution in [1.82, 2.24) is 15.2 Å². The van der Waals surface area contributed by atoms with E-state index in [-0.39, 0.29) is 17.7 Å². The van der Waals surface area contributed by atoms with Crippen LogP contribution < -0.4 is 10.1 Å². The molecule has 3 aromatic rings. The van der Waals surface area contributed by atoms with E-state index in [0.717, 1.165) is 24.1 Å². The van der Waals surface area contributed by atoms with Crippen LogP contribution in [0.15, 0.2) is 48.7 Å². The van der Waals surface area contributed by atoms with Crippen molar-refractivity contribution in [1.29, 1.82) is 0 Å². The summed E-state index contributed by atoms with van der Waals surface area (Å²) in [7, 11) is 1.68. The van der Waals surface area contributed by atoms with Crippen molar-refractivity contribution in [3.05, 3.63) is 64.8 Å². The minimum absolute atomic E-state index is 0.0208. The first-order valence-electron chi connectivity index (χ1n) is 11.4. The van der Waals surface area contributed by atoms with Crippen LogP contribution in [0.3, 0.4) is 0 Å². The van der Waals surface area contributed by atoms with Gasteiger partial charge >= 0.3 is 0 Å². The van der Waals surface area contributed by atoms with Crippen molar-refractivity contribution >= 4 is 34.3 Å². The van der Waals surface area contributed by atoms with Crippen molar-refractivity contribution in [2.45, 2.75) is 38.6 Å². The first-order chi connectivity index (χ1) is 15.9. The maximum atomic E-state index is 13.3. The molecule has 0 radical (unpaired) electrons. The average molecular weight is 468 g/mol. The smallest absolute Gasteiger partial charge is 0.251 e. The number of hydrogen-bond donors (Lipinski definition) is 2. The van der Waals surface area contributed by atoms with Crippen molar-refractivity contribution in [2.75, 3.05) is 20.2 Å². The first-order valence-corrected chi connectivity index (χ1v) is 11.8. The lowest BCUT2D eigenvalue weighted by Crippen LogP contribution is -2.52. The number of aromatic amines is 1. The molecule has 1 unspecified atom stereocenters. The number of amides is 2. The third-order valence-corrected chi connectivity index (χ3v) is 6.75. The number of fused-ring (bicyclic) bond motifs is 1. The molecule has 2 aromatic carbocycles. The summed E-state index contributed by atoms with van der Waals surface area (Å²) >= 11 is 5.92. The number of rotatable bonds is 6. The average Bonchev–Trinajstić information content (AvgIpc) is 3.25. The highest BCUT2D eigenvalue weighted by atomic mass is 35.5. The summed E-state index contributed by atoms with van der Waals surface area (Å²) in [6.07, 6.45) is 3.84. The molecule has 7 heteroatoms. The molecular formula is C26H30ClN3O3. The maximum Gasteiger partial charge on any atom is 0.251 e. The van der Waals surface area contributed by atoms with E-state index >= 15 is 0 Å². The molecule has 1 aliphatic heterocycles.